The van der Waals surface area contributed by atoms with E-state index in [9.17, 15) is 14.7 Å². The minimum atomic E-state index is -0.807. The zero-order chi connectivity index (χ0) is 16.7. The number of carbonyl (C=O) groups is 2. The zero-order valence-corrected chi connectivity index (χ0v) is 14.8. The van der Waals surface area contributed by atoms with Crippen LogP contribution >= 0.6 is 0 Å². The summed E-state index contributed by atoms with van der Waals surface area (Å²) < 4.78 is 0. The van der Waals surface area contributed by atoms with E-state index in [0.29, 0.717) is 37.4 Å². The zero-order valence-electron chi connectivity index (χ0n) is 14.8. The van der Waals surface area contributed by atoms with Gasteiger partial charge in [-0.05, 0) is 68.1 Å². The number of rotatable bonds is 0. The van der Waals surface area contributed by atoms with Gasteiger partial charge in [-0.25, -0.2) is 0 Å². The Balaban J connectivity index is 1.75. The molecule has 0 spiro atoms. The molecule has 6 atom stereocenters. The molecule has 0 heterocycles. The SMILES string of the molecule is C[C@@]12CC[C@H]3[C@@H](CC[C@]4(C)C(=O)CC[C@]34O)[C@@]1(C)CCC(=O)C2. The first-order valence-electron chi connectivity index (χ1n) is 9.44. The van der Waals surface area contributed by atoms with E-state index in [2.05, 4.69) is 13.8 Å². The summed E-state index contributed by atoms with van der Waals surface area (Å²) in [5.41, 5.74) is -1.12. The summed E-state index contributed by atoms with van der Waals surface area (Å²) >= 11 is 0. The van der Waals surface area contributed by atoms with Gasteiger partial charge in [0, 0.05) is 19.3 Å². The average molecular weight is 318 g/mol. The Kier molecular flexibility index (Phi) is 3.07. The van der Waals surface area contributed by atoms with Gasteiger partial charge in [0.25, 0.3) is 0 Å². The summed E-state index contributed by atoms with van der Waals surface area (Å²) in [6.45, 7) is 6.69. The van der Waals surface area contributed by atoms with Crippen LogP contribution in [0.5, 0.6) is 0 Å². The van der Waals surface area contributed by atoms with Crippen molar-refractivity contribution >= 4 is 11.6 Å². The lowest BCUT2D eigenvalue weighted by Gasteiger charge is -2.65. The molecule has 0 amide bonds. The van der Waals surface area contributed by atoms with Crippen LogP contribution in [0, 0.1) is 28.1 Å². The molecule has 0 unspecified atom stereocenters. The topological polar surface area (TPSA) is 54.4 Å². The molecule has 0 aromatic rings. The Morgan fingerprint density at radius 1 is 0.913 bits per heavy atom. The first-order chi connectivity index (χ1) is 10.7. The van der Waals surface area contributed by atoms with Crippen LogP contribution in [0.15, 0.2) is 0 Å². The number of Topliss-reactive ketones (excluding diaryl/α,β-unsaturated/α-hetero) is 2. The van der Waals surface area contributed by atoms with Crippen LogP contribution in [-0.2, 0) is 9.59 Å². The molecule has 4 saturated carbocycles. The molecule has 0 saturated heterocycles. The molecule has 0 bridgehead atoms. The third-order valence-electron chi connectivity index (χ3n) is 9.07. The summed E-state index contributed by atoms with van der Waals surface area (Å²) in [6, 6.07) is 0. The Morgan fingerprint density at radius 2 is 1.61 bits per heavy atom. The summed E-state index contributed by atoms with van der Waals surface area (Å²) in [4.78, 5) is 24.5. The molecular weight excluding hydrogens is 288 g/mol. The molecule has 0 aromatic heterocycles. The fraction of sp³-hybridized carbons (Fsp3) is 0.900. The quantitative estimate of drug-likeness (QED) is 0.741. The molecule has 3 nitrogen and oxygen atoms in total. The summed E-state index contributed by atoms with van der Waals surface area (Å²) in [7, 11) is 0. The Morgan fingerprint density at radius 3 is 2.35 bits per heavy atom. The number of carbonyl (C=O) groups excluding carboxylic acids is 2. The van der Waals surface area contributed by atoms with Gasteiger partial charge >= 0.3 is 0 Å². The van der Waals surface area contributed by atoms with Gasteiger partial charge in [-0.2, -0.15) is 0 Å². The molecule has 0 aliphatic heterocycles. The molecule has 4 aliphatic carbocycles. The van der Waals surface area contributed by atoms with E-state index >= 15 is 0 Å². The third kappa shape index (κ3) is 1.70. The van der Waals surface area contributed by atoms with Crippen molar-refractivity contribution in [3.05, 3.63) is 0 Å². The number of hydrogen-bond donors (Lipinski definition) is 1. The number of hydrogen-bond acceptors (Lipinski definition) is 3. The molecule has 4 rings (SSSR count). The fourth-order valence-electron chi connectivity index (χ4n) is 7.14. The smallest absolute Gasteiger partial charge is 0.141 e. The maximum atomic E-state index is 12.5. The van der Waals surface area contributed by atoms with Gasteiger partial charge in [-0.15, -0.1) is 0 Å². The Hall–Kier alpha value is -0.700. The molecule has 3 heteroatoms. The third-order valence-corrected chi connectivity index (χ3v) is 9.07. The lowest BCUT2D eigenvalue weighted by molar-refractivity contribution is -0.214. The predicted octanol–water partition coefficient (Wildman–Crippen LogP) is 3.67. The van der Waals surface area contributed by atoms with Crippen molar-refractivity contribution in [3.63, 3.8) is 0 Å². The maximum Gasteiger partial charge on any atom is 0.141 e. The lowest BCUT2D eigenvalue weighted by Crippen LogP contribution is -2.64. The average Bonchev–Trinajstić information content (AvgIpc) is 2.73. The van der Waals surface area contributed by atoms with Gasteiger partial charge in [-0.3, -0.25) is 9.59 Å². The van der Waals surface area contributed by atoms with Crippen molar-refractivity contribution in [3.8, 4) is 0 Å². The van der Waals surface area contributed by atoms with Crippen molar-refractivity contribution < 1.29 is 14.7 Å². The number of aliphatic hydroxyl groups is 1. The fourth-order valence-corrected chi connectivity index (χ4v) is 7.14. The second-order valence-corrected chi connectivity index (χ2v) is 9.66. The van der Waals surface area contributed by atoms with Crippen molar-refractivity contribution in [2.75, 3.05) is 0 Å². The van der Waals surface area contributed by atoms with E-state index in [4.69, 9.17) is 0 Å². The molecule has 0 radical (unpaired) electrons. The van der Waals surface area contributed by atoms with E-state index < -0.39 is 11.0 Å². The van der Waals surface area contributed by atoms with Crippen LogP contribution in [0.1, 0.15) is 78.6 Å². The van der Waals surface area contributed by atoms with Crippen LogP contribution in [0.2, 0.25) is 0 Å². The minimum absolute atomic E-state index is 0.0796. The highest BCUT2D eigenvalue weighted by molar-refractivity contribution is 5.88. The Labute approximate surface area is 139 Å². The number of fused-ring (bicyclic) bond motifs is 5. The van der Waals surface area contributed by atoms with E-state index in [0.717, 1.165) is 32.1 Å². The second-order valence-electron chi connectivity index (χ2n) is 9.66. The minimum Gasteiger partial charge on any atom is -0.389 e. The largest absolute Gasteiger partial charge is 0.389 e. The monoisotopic (exact) mass is 318 g/mol. The highest BCUT2D eigenvalue weighted by Crippen LogP contribution is 2.69. The van der Waals surface area contributed by atoms with Crippen LogP contribution in [-0.4, -0.2) is 22.3 Å². The van der Waals surface area contributed by atoms with Crippen molar-refractivity contribution in [1.82, 2.24) is 0 Å². The predicted molar refractivity (Wildman–Crippen MR) is 87.8 cm³/mol. The standard InChI is InChI=1S/C20H30O3/c1-17-8-5-15-14(18(17,2)9-4-13(21)12-17)6-10-19(3)16(22)7-11-20(15,19)23/h14-15,23H,4-12H2,1-3H3/t14-,15+,17+,18-,19-,20+/m1/s1. The maximum absolute atomic E-state index is 12.5. The van der Waals surface area contributed by atoms with Gasteiger partial charge < -0.3 is 5.11 Å². The first-order valence-corrected chi connectivity index (χ1v) is 9.44. The van der Waals surface area contributed by atoms with Gasteiger partial charge in [0.15, 0.2) is 0 Å². The highest BCUT2D eigenvalue weighted by atomic mass is 16.3. The summed E-state index contributed by atoms with van der Waals surface area (Å²) in [5.74, 6) is 1.38. The highest BCUT2D eigenvalue weighted by Gasteiger charge is 2.69. The van der Waals surface area contributed by atoms with Crippen molar-refractivity contribution in [2.45, 2.75) is 84.2 Å². The van der Waals surface area contributed by atoms with Gasteiger partial charge in [0.05, 0.1) is 11.0 Å². The van der Waals surface area contributed by atoms with E-state index in [1.165, 1.54) is 0 Å². The van der Waals surface area contributed by atoms with Crippen molar-refractivity contribution in [1.29, 1.82) is 0 Å². The van der Waals surface area contributed by atoms with Crippen LogP contribution in [0.3, 0.4) is 0 Å². The summed E-state index contributed by atoms with van der Waals surface area (Å²) in [5, 5.41) is 11.6. The van der Waals surface area contributed by atoms with E-state index in [-0.39, 0.29) is 22.5 Å². The van der Waals surface area contributed by atoms with Crippen molar-refractivity contribution in [2.24, 2.45) is 28.1 Å². The molecule has 0 aromatic carbocycles. The lowest BCUT2D eigenvalue weighted by atomic mass is 9.40. The molecule has 4 fully saturated rings. The van der Waals surface area contributed by atoms with E-state index in [1.54, 1.807) is 0 Å². The molecular formula is C20H30O3. The Bertz CT molecular complexity index is 583. The molecule has 1 N–H and O–H groups in total. The van der Waals surface area contributed by atoms with Gasteiger partial charge in [0.1, 0.15) is 11.6 Å². The first kappa shape index (κ1) is 15.8. The molecule has 4 aliphatic rings. The van der Waals surface area contributed by atoms with E-state index in [1.807, 2.05) is 6.92 Å². The van der Waals surface area contributed by atoms with Crippen LogP contribution in [0.4, 0.5) is 0 Å². The van der Waals surface area contributed by atoms with Gasteiger partial charge in [0.2, 0.25) is 0 Å². The van der Waals surface area contributed by atoms with Crippen LogP contribution in [0.25, 0.3) is 0 Å². The van der Waals surface area contributed by atoms with Gasteiger partial charge in [-0.1, -0.05) is 13.8 Å². The molecule has 23 heavy (non-hydrogen) atoms. The second kappa shape index (κ2) is 4.47. The summed E-state index contributed by atoms with van der Waals surface area (Å²) in [6.07, 6.45) is 7.42. The normalized spacial score (nSPS) is 56.0. The van der Waals surface area contributed by atoms with Crippen LogP contribution < -0.4 is 0 Å². The molecule has 128 valence electrons. The number of ketones is 2.